The Balaban J connectivity index is 3.27. The van der Waals surface area contributed by atoms with Gasteiger partial charge in [-0.3, -0.25) is 4.79 Å². The highest BCUT2D eigenvalue weighted by atomic mass is 16.5. The molecule has 0 unspecified atom stereocenters. The molecule has 0 rings (SSSR count). The fraction of sp³-hybridized carbons (Fsp3) is 0.870. The molecule has 0 aromatic carbocycles. The van der Waals surface area contributed by atoms with Crippen LogP contribution in [-0.4, -0.2) is 12.6 Å². The second kappa shape index (κ2) is 16.7. The van der Waals surface area contributed by atoms with E-state index in [4.69, 9.17) is 4.74 Å². The van der Waals surface area contributed by atoms with E-state index in [0.717, 1.165) is 25.7 Å². The topological polar surface area (TPSA) is 26.3 Å². The van der Waals surface area contributed by atoms with Gasteiger partial charge in [0, 0.05) is 6.42 Å². The molecule has 0 bridgehead atoms. The molecule has 0 spiro atoms. The zero-order valence-electron chi connectivity index (χ0n) is 17.6. The molecule has 0 atom stereocenters. The second-order valence-corrected chi connectivity index (χ2v) is 8.51. The zero-order valence-corrected chi connectivity index (χ0v) is 17.6. The third-order valence-electron chi connectivity index (χ3n) is 4.48. The van der Waals surface area contributed by atoms with Crippen molar-refractivity contribution in [2.24, 2.45) is 5.41 Å². The number of rotatable bonds is 16. The lowest BCUT2D eigenvalue weighted by Crippen LogP contribution is -2.05. The largest absolute Gasteiger partial charge is 0.466 e. The lowest BCUT2D eigenvalue weighted by Gasteiger charge is -2.17. The summed E-state index contributed by atoms with van der Waals surface area (Å²) in [5, 5.41) is 0. The molecule has 0 amide bonds. The molecule has 148 valence electrons. The monoisotopic (exact) mass is 352 g/mol. The van der Waals surface area contributed by atoms with Crippen LogP contribution in [0.3, 0.4) is 0 Å². The third-order valence-corrected chi connectivity index (χ3v) is 4.48. The number of hydrogen-bond donors (Lipinski definition) is 0. The predicted octanol–water partition coefficient (Wildman–Crippen LogP) is 7.61. The highest BCUT2D eigenvalue weighted by Gasteiger charge is 2.08. The Kier molecular flexibility index (Phi) is 16.1. The summed E-state index contributed by atoms with van der Waals surface area (Å²) in [5.41, 5.74) is 0.472. The smallest absolute Gasteiger partial charge is 0.305 e. The van der Waals surface area contributed by atoms with Gasteiger partial charge in [0.05, 0.1) is 6.61 Å². The van der Waals surface area contributed by atoms with Crippen LogP contribution >= 0.6 is 0 Å². The zero-order chi connectivity index (χ0) is 18.8. The van der Waals surface area contributed by atoms with Gasteiger partial charge in [0.15, 0.2) is 0 Å². The van der Waals surface area contributed by atoms with E-state index < -0.39 is 0 Å². The van der Waals surface area contributed by atoms with E-state index in [2.05, 4.69) is 39.8 Å². The molecule has 0 aliphatic heterocycles. The summed E-state index contributed by atoms with van der Waals surface area (Å²) in [6.45, 7) is 9.76. The van der Waals surface area contributed by atoms with Gasteiger partial charge in [0.25, 0.3) is 0 Å². The Morgan fingerprint density at radius 1 is 0.800 bits per heavy atom. The number of carbonyl (C=O) groups is 1. The van der Waals surface area contributed by atoms with E-state index in [0.29, 0.717) is 18.4 Å². The van der Waals surface area contributed by atoms with Gasteiger partial charge in [-0.2, -0.15) is 0 Å². The summed E-state index contributed by atoms with van der Waals surface area (Å²) < 4.78 is 5.32. The summed E-state index contributed by atoms with van der Waals surface area (Å²) in [4.78, 5) is 11.6. The fourth-order valence-electron chi connectivity index (χ4n) is 2.81. The SMILES string of the molecule is CCCC/C=C\CCCCC(=O)OCCCCCCCCC(C)(C)C. The third kappa shape index (κ3) is 21.2. The van der Waals surface area contributed by atoms with Gasteiger partial charge in [0.1, 0.15) is 0 Å². The van der Waals surface area contributed by atoms with E-state index in [9.17, 15) is 4.79 Å². The number of esters is 1. The summed E-state index contributed by atoms with van der Waals surface area (Å²) in [6, 6.07) is 0. The first-order valence-corrected chi connectivity index (χ1v) is 10.8. The van der Waals surface area contributed by atoms with Gasteiger partial charge >= 0.3 is 5.97 Å². The van der Waals surface area contributed by atoms with E-state index >= 15 is 0 Å². The van der Waals surface area contributed by atoms with Crippen LogP contribution in [0.5, 0.6) is 0 Å². The summed E-state index contributed by atoms with van der Waals surface area (Å²) in [5.74, 6) is -0.0138. The number of unbranched alkanes of at least 4 members (excludes halogenated alkanes) is 9. The van der Waals surface area contributed by atoms with Crippen LogP contribution in [0.15, 0.2) is 12.2 Å². The maximum atomic E-state index is 11.6. The van der Waals surface area contributed by atoms with E-state index in [-0.39, 0.29) is 5.97 Å². The van der Waals surface area contributed by atoms with Gasteiger partial charge in [-0.05, 0) is 43.9 Å². The van der Waals surface area contributed by atoms with Crippen molar-refractivity contribution in [3.8, 4) is 0 Å². The van der Waals surface area contributed by atoms with Crippen molar-refractivity contribution >= 4 is 5.97 Å². The quantitative estimate of drug-likeness (QED) is 0.162. The van der Waals surface area contributed by atoms with Crippen LogP contribution in [0.2, 0.25) is 0 Å². The minimum absolute atomic E-state index is 0.0138. The highest BCUT2D eigenvalue weighted by molar-refractivity contribution is 5.69. The maximum Gasteiger partial charge on any atom is 0.305 e. The molecular formula is C23H44O2. The maximum absolute atomic E-state index is 11.6. The molecule has 0 aliphatic rings. The Hall–Kier alpha value is -0.790. The number of ether oxygens (including phenoxy) is 1. The normalized spacial score (nSPS) is 12.0. The van der Waals surface area contributed by atoms with Crippen LogP contribution in [0.4, 0.5) is 0 Å². The van der Waals surface area contributed by atoms with Crippen LogP contribution in [-0.2, 0) is 9.53 Å². The number of carbonyl (C=O) groups excluding carboxylic acids is 1. The lowest BCUT2D eigenvalue weighted by atomic mass is 9.89. The van der Waals surface area contributed by atoms with E-state index in [1.54, 1.807) is 0 Å². The predicted molar refractivity (Wildman–Crippen MR) is 110 cm³/mol. The van der Waals surface area contributed by atoms with Crippen molar-refractivity contribution in [3.63, 3.8) is 0 Å². The molecule has 0 radical (unpaired) electrons. The molecule has 0 heterocycles. The first-order chi connectivity index (χ1) is 12.0. The molecule has 0 saturated carbocycles. The van der Waals surface area contributed by atoms with Crippen molar-refractivity contribution in [1.82, 2.24) is 0 Å². The lowest BCUT2D eigenvalue weighted by molar-refractivity contribution is -0.143. The Labute approximate surface area is 157 Å². The van der Waals surface area contributed by atoms with E-state index in [1.807, 2.05) is 0 Å². The molecule has 25 heavy (non-hydrogen) atoms. The summed E-state index contributed by atoms with van der Waals surface area (Å²) in [6.07, 6.45) is 20.7. The van der Waals surface area contributed by atoms with Crippen LogP contribution < -0.4 is 0 Å². The van der Waals surface area contributed by atoms with Gasteiger partial charge in [-0.15, -0.1) is 0 Å². The number of allylic oxidation sites excluding steroid dienone is 2. The molecule has 0 aromatic rings. The number of hydrogen-bond acceptors (Lipinski definition) is 2. The van der Waals surface area contributed by atoms with Gasteiger partial charge in [-0.1, -0.05) is 84.8 Å². The van der Waals surface area contributed by atoms with Crippen molar-refractivity contribution in [3.05, 3.63) is 12.2 Å². The Morgan fingerprint density at radius 3 is 2.04 bits per heavy atom. The van der Waals surface area contributed by atoms with Crippen LogP contribution in [0.1, 0.15) is 118 Å². The first kappa shape index (κ1) is 24.2. The van der Waals surface area contributed by atoms with Crippen molar-refractivity contribution < 1.29 is 9.53 Å². The molecule has 0 aromatic heterocycles. The molecular weight excluding hydrogens is 308 g/mol. The van der Waals surface area contributed by atoms with Gasteiger partial charge in [0.2, 0.25) is 0 Å². The second-order valence-electron chi connectivity index (χ2n) is 8.51. The average Bonchev–Trinajstić information content (AvgIpc) is 2.54. The summed E-state index contributed by atoms with van der Waals surface area (Å²) in [7, 11) is 0. The fourth-order valence-corrected chi connectivity index (χ4v) is 2.81. The first-order valence-electron chi connectivity index (χ1n) is 10.8. The minimum Gasteiger partial charge on any atom is -0.466 e. The molecule has 0 N–H and O–H groups in total. The Bertz CT molecular complexity index is 325. The van der Waals surface area contributed by atoms with Crippen LogP contribution in [0.25, 0.3) is 0 Å². The molecule has 0 saturated heterocycles. The van der Waals surface area contributed by atoms with Crippen molar-refractivity contribution in [2.45, 2.75) is 118 Å². The molecule has 2 heteroatoms. The average molecular weight is 353 g/mol. The Morgan fingerprint density at radius 2 is 1.40 bits per heavy atom. The van der Waals surface area contributed by atoms with E-state index in [1.165, 1.54) is 57.8 Å². The van der Waals surface area contributed by atoms with Gasteiger partial charge in [-0.25, -0.2) is 0 Å². The standard InChI is InChI=1S/C23H44O2/c1-5-6-7-8-9-10-13-16-19-22(24)25-21-18-15-12-11-14-17-20-23(2,3)4/h8-9H,5-7,10-21H2,1-4H3/b9-8-. The van der Waals surface area contributed by atoms with Gasteiger partial charge < -0.3 is 4.74 Å². The van der Waals surface area contributed by atoms with Crippen molar-refractivity contribution in [1.29, 1.82) is 0 Å². The molecule has 0 aliphatic carbocycles. The molecule has 2 nitrogen and oxygen atoms in total. The van der Waals surface area contributed by atoms with Crippen LogP contribution in [0, 0.1) is 5.41 Å². The van der Waals surface area contributed by atoms with Crippen molar-refractivity contribution in [2.75, 3.05) is 6.61 Å². The molecule has 0 fully saturated rings. The summed E-state index contributed by atoms with van der Waals surface area (Å²) >= 11 is 0. The highest BCUT2D eigenvalue weighted by Crippen LogP contribution is 2.22. The minimum atomic E-state index is -0.0138.